The number of alkyl halides is 3. The maximum absolute atomic E-state index is 11.9. The van der Waals surface area contributed by atoms with Crippen LogP contribution in [0, 0.1) is 0 Å². The number of hydrogen-bond donors (Lipinski definition) is 0. The molecule has 8 heteroatoms. The van der Waals surface area contributed by atoms with E-state index in [9.17, 15) is 26.9 Å². The van der Waals surface area contributed by atoms with Gasteiger partial charge in [-0.3, -0.25) is 4.79 Å². The lowest BCUT2D eigenvalue weighted by Gasteiger charge is -2.07. The topological polar surface area (TPSA) is 23.6 Å². The Hall–Kier alpha value is -0.920. The van der Waals surface area contributed by atoms with Crippen molar-refractivity contribution in [1.82, 2.24) is 10.5 Å². The molecule has 11 heavy (non-hydrogen) atoms. The van der Waals surface area contributed by atoms with Gasteiger partial charge in [0, 0.05) is 5.23 Å². The van der Waals surface area contributed by atoms with E-state index in [1.165, 1.54) is 0 Å². The fourth-order valence-electron chi connectivity index (χ4n) is 0.534. The van der Waals surface area contributed by atoms with Crippen molar-refractivity contribution >= 4 is 5.91 Å². The number of rotatable bonds is 0. The molecule has 1 heterocycles. The van der Waals surface area contributed by atoms with E-state index in [1.807, 2.05) is 0 Å². The van der Waals surface area contributed by atoms with Crippen molar-refractivity contribution in [3.63, 3.8) is 0 Å². The number of carbonyl (C=O) groups excluding carboxylic acids is 1. The molecule has 1 aliphatic heterocycles. The monoisotopic (exact) mass is 176 g/mol. The third-order valence-corrected chi connectivity index (χ3v) is 1.11. The number of amides is 1. The highest BCUT2D eigenvalue weighted by Crippen LogP contribution is 2.35. The predicted molar refractivity (Wildman–Crippen MR) is 20.7 cm³/mol. The Morgan fingerprint density at radius 3 is 1.91 bits per heavy atom. The van der Waals surface area contributed by atoms with E-state index in [0.29, 0.717) is 0 Å². The van der Waals surface area contributed by atoms with Crippen molar-refractivity contribution in [2.75, 3.05) is 0 Å². The highest BCUT2D eigenvalue weighted by Gasteiger charge is 2.64. The minimum atomic E-state index is -4.65. The van der Waals surface area contributed by atoms with Crippen LogP contribution >= 0.6 is 0 Å². The smallest absolute Gasteiger partial charge is 0.263 e. The van der Waals surface area contributed by atoms with Gasteiger partial charge >= 0.3 is 11.8 Å². The van der Waals surface area contributed by atoms with E-state index in [0.717, 1.165) is 0 Å². The Labute approximate surface area is 56.8 Å². The van der Waals surface area contributed by atoms with Crippen LogP contribution < -0.4 is 0 Å². The number of halogens is 5. The number of hydrazine groups is 1. The van der Waals surface area contributed by atoms with Crippen LogP contribution in [0.1, 0.15) is 0 Å². The van der Waals surface area contributed by atoms with Crippen molar-refractivity contribution < 1.29 is 26.9 Å². The van der Waals surface area contributed by atoms with Crippen LogP contribution in [0.5, 0.6) is 0 Å². The Bertz CT molecular complexity index is 196. The summed E-state index contributed by atoms with van der Waals surface area (Å²) in [5.41, 5.74) is 0. The van der Waals surface area contributed by atoms with Crippen LogP contribution in [0.2, 0.25) is 0 Å². The van der Waals surface area contributed by atoms with Gasteiger partial charge in [-0.05, 0) is 0 Å². The zero-order chi connectivity index (χ0) is 8.81. The van der Waals surface area contributed by atoms with Crippen LogP contribution in [0.25, 0.3) is 0 Å². The molecular weight excluding hydrogens is 175 g/mol. The Morgan fingerprint density at radius 1 is 1.36 bits per heavy atom. The fraction of sp³-hybridized carbons (Fsp3) is 0.667. The molecule has 1 unspecified atom stereocenters. The van der Waals surface area contributed by atoms with E-state index in [1.54, 1.807) is 0 Å². The molecule has 0 aromatic heterocycles. The first-order valence-electron chi connectivity index (χ1n) is 2.36. The van der Waals surface area contributed by atoms with Gasteiger partial charge in [0.25, 0.3) is 6.30 Å². The highest BCUT2D eigenvalue weighted by atomic mass is 19.3. The second-order valence-electron chi connectivity index (χ2n) is 1.81. The van der Waals surface area contributed by atoms with E-state index in [-0.39, 0.29) is 0 Å². The van der Waals surface area contributed by atoms with Gasteiger partial charge in [-0.1, -0.05) is 9.71 Å². The van der Waals surface area contributed by atoms with Gasteiger partial charge in [-0.15, -0.1) is 4.48 Å². The standard InChI is InChI=1S/C3HF5N2O/c4-1-3(5,6)2(11)10(8)9(1)7/h1H. The normalized spacial score (nSPS) is 31.5. The Morgan fingerprint density at radius 2 is 1.82 bits per heavy atom. The lowest BCUT2D eigenvalue weighted by molar-refractivity contribution is -0.273. The summed E-state index contributed by atoms with van der Waals surface area (Å²) in [6.45, 7) is 0. The molecule has 1 aliphatic rings. The molecule has 0 spiro atoms. The van der Waals surface area contributed by atoms with E-state index in [2.05, 4.69) is 0 Å². The molecule has 1 amide bonds. The molecule has 1 saturated heterocycles. The van der Waals surface area contributed by atoms with E-state index in [4.69, 9.17) is 0 Å². The van der Waals surface area contributed by atoms with Crippen LogP contribution in [0.3, 0.4) is 0 Å². The first kappa shape index (κ1) is 8.18. The number of hydrogen-bond acceptors (Lipinski definition) is 2. The molecule has 0 aliphatic carbocycles. The van der Waals surface area contributed by atoms with Crippen molar-refractivity contribution in [2.45, 2.75) is 12.2 Å². The van der Waals surface area contributed by atoms with Gasteiger partial charge in [0.15, 0.2) is 0 Å². The Kier molecular flexibility index (Phi) is 1.51. The summed E-state index contributed by atoms with van der Waals surface area (Å²) >= 11 is 0. The molecule has 1 fully saturated rings. The van der Waals surface area contributed by atoms with Crippen LogP contribution in [-0.2, 0) is 4.79 Å². The van der Waals surface area contributed by atoms with Crippen molar-refractivity contribution in [2.24, 2.45) is 0 Å². The summed E-state index contributed by atoms with van der Waals surface area (Å²) < 4.78 is 59.3. The average Bonchev–Trinajstić information content (AvgIpc) is 2.06. The van der Waals surface area contributed by atoms with Crippen molar-refractivity contribution in [3.05, 3.63) is 0 Å². The molecule has 1 atom stereocenters. The average molecular weight is 176 g/mol. The lowest BCUT2D eigenvalue weighted by Crippen LogP contribution is -2.34. The van der Waals surface area contributed by atoms with Gasteiger partial charge in [-0.25, -0.2) is 4.39 Å². The molecule has 1 rings (SSSR count). The number of nitrogens with zero attached hydrogens (tertiary/aromatic N) is 2. The summed E-state index contributed by atoms with van der Waals surface area (Å²) in [7, 11) is 0. The highest BCUT2D eigenvalue weighted by molar-refractivity contribution is 5.84. The first-order valence-corrected chi connectivity index (χ1v) is 2.36. The van der Waals surface area contributed by atoms with E-state index >= 15 is 0 Å². The van der Waals surface area contributed by atoms with Gasteiger partial charge in [-0.2, -0.15) is 8.78 Å². The van der Waals surface area contributed by atoms with Gasteiger partial charge < -0.3 is 0 Å². The third-order valence-electron chi connectivity index (χ3n) is 1.11. The lowest BCUT2D eigenvalue weighted by atomic mass is 10.3. The third kappa shape index (κ3) is 0.854. The maximum Gasteiger partial charge on any atom is 0.376 e. The molecule has 0 N–H and O–H groups in total. The predicted octanol–water partition coefficient (Wildman–Crippen LogP) is 0.746. The van der Waals surface area contributed by atoms with Crippen molar-refractivity contribution in [1.29, 1.82) is 0 Å². The summed E-state index contributed by atoms with van der Waals surface area (Å²) in [6.07, 6.45) is -3.58. The van der Waals surface area contributed by atoms with Gasteiger partial charge in [0.2, 0.25) is 0 Å². The van der Waals surface area contributed by atoms with Crippen LogP contribution in [-0.4, -0.2) is 28.6 Å². The molecule has 0 bridgehead atoms. The Balaban J connectivity index is 2.96. The molecule has 64 valence electrons. The summed E-state index contributed by atoms with van der Waals surface area (Å²) in [4.78, 5) is 9.93. The zero-order valence-electron chi connectivity index (χ0n) is 4.77. The van der Waals surface area contributed by atoms with Gasteiger partial charge in [0.1, 0.15) is 0 Å². The van der Waals surface area contributed by atoms with Crippen LogP contribution in [0.4, 0.5) is 22.1 Å². The number of carbonyl (C=O) groups is 1. The molecule has 0 aromatic carbocycles. The SMILES string of the molecule is O=C1N(F)N(F)C(F)C1(F)F. The quantitative estimate of drug-likeness (QED) is 0.309. The summed E-state index contributed by atoms with van der Waals surface area (Å²) in [5, 5.41) is -3.22. The molecule has 0 aromatic rings. The van der Waals surface area contributed by atoms with Crippen LogP contribution in [0.15, 0.2) is 0 Å². The molecule has 0 saturated carbocycles. The molecule has 3 nitrogen and oxygen atoms in total. The second kappa shape index (κ2) is 2.03. The molecule has 0 radical (unpaired) electrons. The minimum Gasteiger partial charge on any atom is -0.263 e. The molecular formula is C3HF5N2O. The van der Waals surface area contributed by atoms with Crippen molar-refractivity contribution in [3.8, 4) is 0 Å². The fourth-order valence-corrected chi connectivity index (χ4v) is 0.534. The zero-order valence-corrected chi connectivity index (χ0v) is 4.77. The maximum atomic E-state index is 11.9. The van der Waals surface area contributed by atoms with Gasteiger partial charge in [0.05, 0.1) is 0 Å². The summed E-state index contributed by atoms with van der Waals surface area (Å²) in [5.74, 6) is -7.20. The second-order valence-corrected chi connectivity index (χ2v) is 1.81. The minimum absolute atomic E-state index is 1.61. The van der Waals surface area contributed by atoms with E-state index < -0.39 is 28.6 Å². The summed E-state index contributed by atoms with van der Waals surface area (Å²) in [6, 6.07) is 0. The largest absolute Gasteiger partial charge is 0.376 e. The first-order chi connectivity index (χ1) is 4.89.